The van der Waals surface area contributed by atoms with E-state index in [0.717, 1.165) is 19.3 Å². The summed E-state index contributed by atoms with van der Waals surface area (Å²) in [5.74, 6) is -0.0826. The van der Waals surface area contributed by atoms with Gasteiger partial charge in [0.05, 0.1) is 16.8 Å². The van der Waals surface area contributed by atoms with Gasteiger partial charge in [0.15, 0.2) is 0 Å². The monoisotopic (exact) mass is 352 g/mol. The van der Waals surface area contributed by atoms with Crippen LogP contribution in [-0.4, -0.2) is 26.2 Å². The lowest BCUT2D eigenvalue weighted by atomic mass is 9.87. The third kappa shape index (κ3) is 4.02. The molecule has 1 saturated carbocycles. The van der Waals surface area contributed by atoms with Crippen LogP contribution in [-0.2, 0) is 10.0 Å². The van der Waals surface area contributed by atoms with Crippen LogP contribution in [0.5, 0.6) is 0 Å². The second-order valence-electron chi connectivity index (χ2n) is 5.27. The second-order valence-corrected chi connectivity index (χ2v) is 7.82. The van der Waals surface area contributed by atoms with Gasteiger partial charge in [0, 0.05) is 11.6 Å². The van der Waals surface area contributed by atoms with Gasteiger partial charge in [-0.05, 0) is 30.9 Å². The van der Waals surface area contributed by atoms with E-state index in [-0.39, 0.29) is 33.1 Å². The third-order valence-corrected chi connectivity index (χ3v) is 5.88. The van der Waals surface area contributed by atoms with Crippen molar-refractivity contribution in [3.8, 4) is 0 Å². The zero-order valence-corrected chi connectivity index (χ0v) is 13.7. The van der Waals surface area contributed by atoms with Crippen LogP contribution < -0.4 is 10.5 Å². The van der Waals surface area contributed by atoms with Crippen molar-refractivity contribution in [2.45, 2.75) is 36.7 Å². The van der Waals surface area contributed by atoms with E-state index in [9.17, 15) is 13.5 Å². The van der Waals surface area contributed by atoms with E-state index in [1.165, 1.54) is 12.1 Å². The van der Waals surface area contributed by atoms with Gasteiger partial charge in [0.1, 0.15) is 4.90 Å². The molecule has 8 heteroatoms. The molecular formula is C13H18Cl2N2O3S. The van der Waals surface area contributed by atoms with Crippen molar-refractivity contribution in [2.75, 3.05) is 12.3 Å². The Balaban J connectivity index is 2.15. The lowest BCUT2D eigenvalue weighted by molar-refractivity contribution is 0.0724. The van der Waals surface area contributed by atoms with Crippen LogP contribution in [0.1, 0.15) is 25.7 Å². The summed E-state index contributed by atoms with van der Waals surface area (Å²) in [5, 5.41) is 10.1. The van der Waals surface area contributed by atoms with Crippen LogP contribution >= 0.6 is 23.2 Å². The van der Waals surface area contributed by atoms with E-state index in [0.29, 0.717) is 6.42 Å². The Morgan fingerprint density at radius 3 is 2.57 bits per heavy atom. The first-order valence-electron chi connectivity index (χ1n) is 6.73. The molecule has 5 nitrogen and oxygen atoms in total. The summed E-state index contributed by atoms with van der Waals surface area (Å²) in [6.07, 6.45) is 3.00. The van der Waals surface area contributed by atoms with E-state index < -0.39 is 16.1 Å². The number of benzene rings is 1. The number of rotatable bonds is 4. The molecule has 0 heterocycles. The highest BCUT2D eigenvalue weighted by Gasteiger charge is 2.27. The van der Waals surface area contributed by atoms with E-state index in [1.54, 1.807) is 0 Å². The number of aliphatic hydroxyl groups excluding tert-OH is 1. The highest BCUT2D eigenvalue weighted by Crippen LogP contribution is 2.31. The molecule has 0 aromatic heterocycles. The van der Waals surface area contributed by atoms with Gasteiger partial charge in [-0.25, -0.2) is 13.1 Å². The van der Waals surface area contributed by atoms with Crippen molar-refractivity contribution in [2.24, 2.45) is 5.92 Å². The van der Waals surface area contributed by atoms with Gasteiger partial charge in [0.25, 0.3) is 0 Å². The summed E-state index contributed by atoms with van der Waals surface area (Å²) in [7, 11) is -3.84. The van der Waals surface area contributed by atoms with E-state index >= 15 is 0 Å². The molecule has 0 saturated heterocycles. The highest BCUT2D eigenvalue weighted by atomic mass is 35.5. The minimum Gasteiger partial charge on any atom is -0.398 e. The number of halogens is 2. The number of anilines is 1. The molecule has 4 N–H and O–H groups in total. The Kier molecular flexibility index (Phi) is 5.38. The average molecular weight is 353 g/mol. The summed E-state index contributed by atoms with van der Waals surface area (Å²) in [5.41, 5.74) is 5.71. The number of aliphatic hydroxyl groups is 1. The third-order valence-electron chi connectivity index (χ3n) is 3.71. The molecule has 2 rings (SSSR count). The molecule has 21 heavy (non-hydrogen) atoms. The normalized spacial score (nSPS) is 23.2. The number of sulfonamides is 1. The first-order chi connectivity index (χ1) is 9.81. The summed E-state index contributed by atoms with van der Waals surface area (Å²) in [6, 6.07) is 2.68. The molecule has 1 fully saturated rings. The van der Waals surface area contributed by atoms with Crippen molar-refractivity contribution >= 4 is 38.9 Å². The Morgan fingerprint density at radius 2 is 1.95 bits per heavy atom. The van der Waals surface area contributed by atoms with Crippen molar-refractivity contribution < 1.29 is 13.5 Å². The minimum atomic E-state index is -3.84. The maximum Gasteiger partial charge on any atom is 0.244 e. The van der Waals surface area contributed by atoms with Crippen molar-refractivity contribution in [3.05, 3.63) is 22.2 Å². The molecule has 0 bridgehead atoms. The molecule has 1 aromatic rings. The highest BCUT2D eigenvalue weighted by molar-refractivity contribution is 7.89. The number of hydrogen-bond acceptors (Lipinski definition) is 4. The summed E-state index contributed by atoms with van der Waals surface area (Å²) >= 11 is 11.7. The van der Waals surface area contributed by atoms with Gasteiger partial charge in [-0.15, -0.1) is 0 Å². The van der Waals surface area contributed by atoms with E-state index in [4.69, 9.17) is 28.9 Å². The molecule has 0 amide bonds. The average Bonchev–Trinajstić information content (AvgIpc) is 2.36. The molecule has 118 valence electrons. The van der Waals surface area contributed by atoms with Crippen LogP contribution in [0.2, 0.25) is 10.0 Å². The van der Waals surface area contributed by atoms with Gasteiger partial charge >= 0.3 is 0 Å². The van der Waals surface area contributed by atoms with Gasteiger partial charge < -0.3 is 10.8 Å². The first-order valence-corrected chi connectivity index (χ1v) is 8.97. The fourth-order valence-corrected chi connectivity index (χ4v) is 4.66. The standard InChI is InChI=1S/C13H18Cl2N2O3S/c14-9-5-10(15)13(11(16)6-9)21(19,20)17-7-8-3-1-2-4-12(8)18/h5-6,8,12,17-18H,1-4,7,16H2. The SMILES string of the molecule is Nc1cc(Cl)cc(Cl)c1S(=O)(=O)NCC1CCCCC1O. The van der Waals surface area contributed by atoms with Crippen LogP contribution in [0.4, 0.5) is 5.69 Å². The second kappa shape index (κ2) is 6.71. The Hall–Kier alpha value is -0.530. The van der Waals surface area contributed by atoms with Crippen LogP contribution in [0, 0.1) is 5.92 Å². The predicted molar refractivity (Wildman–Crippen MR) is 84.0 cm³/mol. The maximum absolute atomic E-state index is 12.3. The van der Waals surface area contributed by atoms with Crippen molar-refractivity contribution in [1.82, 2.24) is 4.72 Å². The van der Waals surface area contributed by atoms with Gasteiger partial charge in [-0.1, -0.05) is 36.0 Å². The summed E-state index contributed by atoms with van der Waals surface area (Å²) in [4.78, 5) is -0.168. The summed E-state index contributed by atoms with van der Waals surface area (Å²) < 4.78 is 27.1. The number of nitrogen functional groups attached to an aromatic ring is 1. The first kappa shape index (κ1) is 16.8. The maximum atomic E-state index is 12.3. The quantitative estimate of drug-likeness (QED) is 0.725. The minimum absolute atomic E-state index is 0.00388. The molecule has 0 aliphatic heterocycles. The molecule has 0 radical (unpaired) electrons. The zero-order valence-electron chi connectivity index (χ0n) is 11.4. The molecule has 1 aliphatic rings. The predicted octanol–water partition coefficient (Wildman–Crippen LogP) is 2.41. The fourth-order valence-electron chi connectivity index (χ4n) is 2.58. The molecule has 0 spiro atoms. The van der Waals surface area contributed by atoms with Crippen molar-refractivity contribution in [1.29, 1.82) is 0 Å². The number of nitrogens with one attached hydrogen (secondary N) is 1. The zero-order chi connectivity index (χ0) is 15.6. The van der Waals surface area contributed by atoms with Gasteiger partial charge in [0.2, 0.25) is 10.0 Å². The molecule has 1 aromatic carbocycles. The summed E-state index contributed by atoms with van der Waals surface area (Å²) in [6.45, 7) is 0.169. The lowest BCUT2D eigenvalue weighted by Crippen LogP contribution is -2.37. The van der Waals surface area contributed by atoms with Crippen LogP contribution in [0.15, 0.2) is 17.0 Å². The lowest BCUT2D eigenvalue weighted by Gasteiger charge is -2.27. The Bertz CT molecular complexity index is 599. The largest absolute Gasteiger partial charge is 0.398 e. The van der Waals surface area contributed by atoms with Crippen LogP contribution in [0.25, 0.3) is 0 Å². The molecular weight excluding hydrogens is 335 g/mol. The smallest absolute Gasteiger partial charge is 0.244 e. The Morgan fingerprint density at radius 1 is 1.29 bits per heavy atom. The Labute approximate surface area is 134 Å². The molecule has 2 atom stereocenters. The molecule has 2 unspecified atom stereocenters. The van der Waals surface area contributed by atoms with E-state index in [2.05, 4.69) is 4.72 Å². The number of hydrogen-bond donors (Lipinski definition) is 3. The number of nitrogens with two attached hydrogens (primary N) is 1. The fraction of sp³-hybridized carbons (Fsp3) is 0.538. The topological polar surface area (TPSA) is 92.4 Å². The van der Waals surface area contributed by atoms with Gasteiger partial charge in [-0.3, -0.25) is 0 Å². The van der Waals surface area contributed by atoms with E-state index in [1.807, 2.05) is 0 Å². The van der Waals surface area contributed by atoms with Gasteiger partial charge in [-0.2, -0.15) is 0 Å². The van der Waals surface area contributed by atoms with Crippen molar-refractivity contribution in [3.63, 3.8) is 0 Å². The van der Waals surface area contributed by atoms with Crippen LogP contribution in [0.3, 0.4) is 0 Å². The molecule has 1 aliphatic carbocycles.